The Morgan fingerprint density at radius 3 is 2.14 bits per heavy atom. The van der Waals surface area contributed by atoms with Crippen molar-refractivity contribution in [1.82, 2.24) is 4.90 Å². The van der Waals surface area contributed by atoms with E-state index in [-0.39, 0.29) is 12.3 Å². The zero-order valence-corrected chi connectivity index (χ0v) is 13.5. The largest absolute Gasteiger partial charge is 0.481 e. The van der Waals surface area contributed by atoms with Crippen LogP contribution in [0.5, 0.6) is 0 Å². The number of thioether (sulfide) groups is 1. The number of benzene rings is 1. The molecule has 5 heteroatoms. The number of carbonyl (C=O) groups excluding carboxylic acids is 1. The summed E-state index contributed by atoms with van der Waals surface area (Å²) in [7, 11) is 0. The third-order valence-electron chi connectivity index (χ3n) is 2.98. The lowest BCUT2D eigenvalue weighted by Gasteiger charge is -2.21. The van der Waals surface area contributed by atoms with Crippen LogP contribution < -0.4 is 0 Å². The molecule has 0 aliphatic rings. The lowest BCUT2D eigenvalue weighted by atomic mass is 10.2. The Balaban J connectivity index is 2.49. The zero-order chi connectivity index (χ0) is 15.7. The summed E-state index contributed by atoms with van der Waals surface area (Å²) in [6, 6.07) is 7.36. The summed E-state index contributed by atoms with van der Waals surface area (Å²) in [6.45, 7) is 5.77. The average molecular weight is 309 g/mol. The molecule has 116 valence electrons. The Bertz CT molecular complexity index is 453. The van der Waals surface area contributed by atoms with E-state index in [0.717, 1.165) is 36.4 Å². The summed E-state index contributed by atoms with van der Waals surface area (Å²) in [5.74, 6) is -0.239. The van der Waals surface area contributed by atoms with Gasteiger partial charge in [-0.2, -0.15) is 0 Å². The molecule has 0 atom stereocenters. The van der Waals surface area contributed by atoms with E-state index in [1.807, 2.05) is 17.0 Å². The number of amides is 1. The van der Waals surface area contributed by atoms with Crippen LogP contribution in [0.3, 0.4) is 0 Å². The maximum absolute atomic E-state index is 12.1. The van der Waals surface area contributed by atoms with Crippen LogP contribution >= 0.6 is 11.8 Å². The molecule has 0 fully saturated rings. The van der Waals surface area contributed by atoms with E-state index in [4.69, 9.17) is 5.11 Å². The minimum Gasteiger partial charge on any atom is -0.481 e. The molecule has 0 bridgehead atoms. The van der Waals surface area contributed by atoms with Gasteiger partial charge in [-0.05, 0) is 30.5 Å². The molecule has 0 radical (unpaired) electrons. The van der Waals surface area contributed by atoms with Crippen LogP contribution in [0, 0.1) is 0 Å². The normalized spacial score (nSPS) is 10.4. The van der Waals surface area contributed by atoms with Gasteiger partial charge in [0, 0.05) is 18.0 Å². The number of nitrogens with zero attached hydrogens (tertiary/aromatic N) is 1. The first-order valence-corrected chi connectivity index (χ1v) is 8.26. The molecule has 4 nitrogen and oxygen atoms in total. The van der Waals surface area contributed by atoms with Crippen molar-refractivity contribution in [1.29, 1.82) is 0 Å². The van der Waals surface area contributed by atoms with Crippen molar-refractivity contribution in [3.8, 4) is 0 Å². The number of carbonyl (C=O) groups is 2. The van der Waals surface area contributed by atoms with Gasteiger partial charge in [0.25, 0.3) is 0 Å². The van der Waals surface area contributed by atoms with Crippen molar-refractivity contribution in [2.24, 2.45) is 0 Å². The molecule has 0 aliphatic carbocycles. The van der Waals surface area contributed by atoms with Crippen LogP contribution in [0.2, 0.25) is 0 Å². The Labute approximate surface area is 130 Å². The van der Waals surface area contributed by atoms with Crippen LogP contribution in [0.15, 0.2) is 29.2 Å². The Hall–Kier alpha value is -1.49. The molecule has 1 N–H and O–H groups in total. The molecule has 1 amide bonds. The van der Waals surface area contributed by atoms with Crippen molar-refractivity contribution in [3.63, 3.8) is 0 Å². The van der Waals surface area contributed by atoms with Gasteiger partial charge in [0.15, 0.2) is 0 Å². The van der Waals surface area contributed by atoms with Crippen molar-refractivity contribution in [3.05, 3.63) is 29.8 Å². The van der Waals surface area contributed by atoms with Crippen molar-refractivity contribution in [2.75, 3.05) is 18.8 Å². The lowest BCUT2D eigenvalue weighted by Crippen LogP contribution is -2.33. The minimum atomic E-state index is -0.833. The monoisotopic (exact) mass is 309 g/mol. The summed E-state index contributed by atoms with van der Waals surface area (Å²) in [6.07, 6.45) is 1.98. The summed E-state index contributed by atoms with van der Waals surface area (Å²) in [5.41, 5.74) is 0.775. The first-order chi connectivity index (χ1) is 10.1. The van der Waals surface area contributed by atoms with E-state index in [0.29, 0.717) is 5.75 Å². The van der Waals surface area contributed by atoms with Crippen LogP contribution in [-0.4, -0.2) is 40.7 Å². The molecule has 21 heavy (non-hydrogen) atoms. The topological polar surface area (TPSA) is 57.6 Å². The number of carboxylic acid groups (broad SMARTS) is 1. The molecule has 1 rings (SSSR count). The highest BCUT2D eigenvalue weighted by molar-refractivity contribution is 8.00. The van der Waals surface area contributed by atoms with E-state index >= 15 is 0 Å². The molecule has 0 aliphatic heterocycles. The number of hydrogen-bond acceptors (Lipinski definition) is 3. The molecule has 1 aromatic carbocycles. The smallest absolute Gasteiger partial charge is 0.307 e. The molecule has 0 saturated carbocycles. The molecule has 1 aromatic rings. The van der Waals surface area contributed by atoms with Gasteiger partial charge in [0.05, 0.1) is 12.2 Å². The van der Waals surface area contributed by atoms with E-state index in [9.17, 15) is 9.59 Å². The van der Waals surface area contributed by atoms with Crippen LogP contribution in [0.1, 0.15) is 32.3 Å². The molecule has 0 unspecified atom stereocenters. The van der Waals surface area contributed by atoms with E-state index < -0.39 is 5.97 Å². The van der Waals surface area contributed by atoms with Crippen LogP contribution in [0.4, 0.5) is 0 Å². The second-order valence-corrected chi connectivity index (χ2v) is 5.93. The first kappa shape index (κ1) is 17.6. The average Bonchev–Trinajstić information content (AvgIpc) is 2.45. The second-order valence-electron chi connectivity index (χ2n) is 4.88. The van der Waals surface area contributed by atoms with Crippen LogP contribution in [-0.2, 0) is 16.0 Å². The fourth-order valence-corrected chi connectivity index (χ4v) is 2.82. The molecule has 0 spiro atoms. The zero-order valence-electron chi connectivity index (χ0n) is 12.7. The van der Waals surface area contributed by atoms with Crippen molar-refractivity contribution in [2.45, 2.75) is 38.0 Å². The SMILES string of the molecule is CCCN(CCC)C(=O)CSc1ccc(CC(=O)O)cc1. The molecular weight excluding hydrogens is 286 g/mol. The van der Waals surface area contributed by atoms with Crippen LogP contribution in [0.25, 0.3) is 0 Å². The van der Waals surface area contributed by atoms with Gasteiger partial charge in [0.2, 0.25) is 5.91 Å². The molecule has 0 heterocycles. The fraction of sp³-hybridized carbons (Fsp3) is 0.500. The highest BCUT2D eigenvalue weighted by Crippen LogP contribution is 2.19. The molecular formula is C16H23NO3S. The number of aliphatic carboxylic acids is 1. The highest BCUT2D eigenvalue weighted by atomic mass is 32.2. The van der Waals surface area contributed by atoms with Gasteiger partial charge < -0.3 is 10.0 Å². The number of hydrogen-bond donors (Lipinski definition) is 1. The molecule has 0 aromatic heterocycles. The first-order valence-electron chi connectivity index (χ1n) is 7.28. The fourth-order valence-electron chi connectivity index (χ4n) is 2.02. The summed E-state index contributed by atoms with van der Waals surface area (Å²) >= 11 is 1.50. The third-order valence-corrected chi connectivity index (χ3v) is 3.98. The maximum Gasteiger partial charge on any atom is 0.307 e. The highest BCUT2D eigenvalue weighted by Gasteiger charge is 2.12. The van der Waals surface area contributed by atoms with Gasteiger partial charge in [-0.1, -0.05) is 26.0 Å². The van der Waals surface area contributed by atoms with Gasteiger partial charge in [-0.3, -0.25) is 9.59 Å². The summed E-state index contributed by atoms with van der Waals surface area (Å²) in [4.78, 5) is 25.6. The van der Waals surface area contributed by atoms with Gasteiger partial charge in [-0.25, -0.2) is 0 Å². The quantitative estimate of drug-likeness (QED) is 0.712. The van der Waals surface area contributed by atoms with Crippen molar-refractivity contribution >= 4 is 23.6 Å². The molecule has 0 saturated heterocycles. The van der Waals surface area contributed by atoms with Gasteiger partial charge in [0.1, 0.15) is 0 Å². The van der Waals surface area contributed by atoms with Gasteiger partial charge in [-0.15, -0.1) is 11.8 Å². The lowest BCUT2D eigenvalue weighted by molar-refractivity contribution is -0.136. The second kappa shape index (κ2) is 9.45. The maximum atomic E-state index is 12.1. The number of carboxylic acids is 1. The standard InChI is InChI=1S/C16H23NO3S/c1-3-9-17(10-4-2)15(18)12-21-14-7-5-13(6-8-14)11-16(19)20/h5-8H,3-4,9-12H2,1-2H3,(H,19,20). The summed E-state index contributed by atoms with van der Waals surface area (Å²) < 4.78 is 0. The Morgan fingerprint density at radius 1 is 1.10 bits per heavy atom. The summed E-state index contributed by atoms with van der Waals surface area (Å²) in [5, 5.41) is 8.72. The predicted octanol–water partition coefficient (Wildman–Crippen LogP) is 3.05. The van der Waals surface area contributed by atoms with Crippen molar-refractivity contribution < 1.29 is 14.7 Å². The van der Waals surface area contributed by atoms with E-state index in [1.165, 1.54) is 11.8 Å². The minimum absolute atomic E-state index is 0.0324. The number of rotatable bonds is 9. The Morgan fingerprint density at radius 2 is 1.67 bits per heavy atom. The van der Waals surface area contributed by atoms with E-state index in [2.05, 4.69) is 13.8 Å². The third kappa shape index (κ3) is 6.67. The van der Waals surface area contributed by atoms with Gasteiger partial charge >= 0.3 is 5.97 Å². The Kier molecular flexibility index (Phi) is 7.90. The predicted molar refractivity (Wildman–Crippen MR) is 85.7 cm³/mol. The van der Waals surface area contributed by atoms with E-state index in [1.54, 1.807) is 12.1 Å².